The summed E-state index contributed by atoms with van der Waals surface area (Å²) in [6.45, 7) is 8.10. The molecular weight excluding hydrogens is 400 g/mol. The number of fused-ring (bicyclic) bond motifs is 1. The third kappa shape index (κ3) is 4.84. The molecule has 30 heavy (non-hydrogen) atoms. The van der Waals surface area contributed by atoms with Crippen molar-refractivity contribution in [3.63, 3.8) is 0 Å². The first-order valence-corrected chi connectivity index (χ1v) is 10.4. The summed E-state index contributed by atoms with van der Waals surface area (Å²) < 4.78 is 16.6. The Morgan fingerprint density at radius 2 is 2.07 bits per heavy atom. The lowest BCUT2D eigenvalue weighted by atomic mass is 9.89. The highest BCUT2D eigenvalue weighted by Gasteiger charge is 2.34. The predicted molar refractivity (Wildman–Crippen MR) is 122 cm³/mol. The SMILES string of the molecule is CCOC(=O)c1cccc(NC(=S)N[C@@H]2CC(C)(C)Oc3ccc(OC)cc32)c1C. The van der Waals surface area contributed by atoms with E-state index in [1.54, 1.807) is 20.1 Å². The van der Waals surface area contributed by atoms with Gasteiger partial charge in [0, 0.05) is 17.7 Å². The van der Waals surface area contributed by atoms with E-state index in [0.29, 0.717) is 17.3 Å². The van der Waals surface area contributed by atoms with Crippen LogP contribution in [0, 0.1) is 6.92 Å². The van der Waals surface area contributed by atoms with Crippen molar-refractivity contribution in [1.82, 2.24) is 5.32 Å². The number of ether oxygens (including phenoxy) is 3. The Kier molecular flexibility index (Phi) is 6.51. The summed E-state index contributed by atoms with van der Waals surface area (Å²) in [6, 6.07) is 11.2. The molecular formula is C23H28N2O4S. The van der Waals surface area contributed by atoms with Crippen LogP contribution in [0.5, 0.6) is 11.5 Å². The normalized spacial score (nSPS) is 16.6. The molecule has 1 atom stereocenters. The number of methoxy groups -OCH3 is 1. The molecule has 0 saturated heterocycles. The monoisotopic (exact) mass is 428 g/mol. The number of carbonyl (C=O) groups excluding carboxylic acids is 1. The summed E-state index contributed by atoms with van der Waals surface area (Å²) in [5, 5.41) is 7.09. The lowest BCUT2D eigenvalue weighted by molar-refractivity contribution is 0.0525. The second kappa shape index (κ2) is 8.92. The van der Waals surface area contributed by atoms with Gasteiger partial charge in [0.2, 0.25) is 0 Å². The van der Waals surface area contributed by atoms with Gasteiger partial charge in [-0.25, -0.2) is 4.79 Å². The van der Waals surface area contributed by atoms with E-state index < -0.39 is 0 Å². The number of hydrogen-bond donors (Lipinski definition) is 2. The molecule has 0 saturated carbocycles. The molecule has 0 fully saturated rings. The summed E-state index contributed by atoms with van der Waals surface area (Å²) in [5.74, 6) is 1.23. The quantitative estimate of drug-likeness (QED) is 0.525. The minimum atomic E-state index is -0.343. The highest BCUT2D eigenvalue weighted by molar-refractivity contribution is 7.80. The third-order valence-electron chi connectivity index (χ3n) is 5.06. The smallest absolute Gasteiger partial charge is 0.338 e. The Bertz CT molecular complexity index is 958. The van der Waals surface area contributed by atoms with E-state index in [1.165, 1.54) is 0 Å². The zero-order valence-corrected chi connectivity index (χ0v) is 18.8. The van der Waals surface area contributed by atoms with Gasteiger partial charge < -0.3 is 24.8 Å². The highest BCUT2D eigenvalue weighted by Crippen LogP contribution is 2.41. The Morgan fingerprint density at radius 3 is 2.77 bits per heavy atom. The maximum Gasteiger partial charge on any atom is 0.338 e. The molecule has 6 nitrogen and oxygen atoms in total. The molecule has 2 aromatic carbocycles. The van der Waals surface area contributed by atoms with E-state index in [-0.39, 0.29) is 17.6 Å². The molecule has 2 N–H and O–H groups in total. The fourth-order valence-electron chi connectivity index (χ4n) is 3.61. The van der Waals surface area contributed by atoms with Gasteiger partial charge in [0.1, 0.15) is 17.1 Å². The molecule has 0 aliphatic carbocycles. The second-order valence-electron chi connectivity index (χ2n) is 7.82. The van der Waals surface area contributed by atoms with Crippen molar-refractivity contribution in [1.29, 1.82) is 0 Å². The number of hydrogen-bond acceptors (Lipinski definition) is 5. The maximum absolute atomic E-state index is 12.2. The lowest BCUT2D eigenvalue weighted by Gasteiger charge is -2.38. The molecule has 160 valence electrons. The molecule has 1 aliphatic rings. The fraction of sp³-hybridized carbons (Fsp3) is 0.391. The van der Waals surface area contributed by atoms with Crippen molar-refractivity contribution < 1.29 is 19.0 Å². The Morgan fingerprint density at radius 1 is 1.30 bits per heavy atom. The van der Waals surface area contributed by atoms with E-state index in [4.69, 9.17) is 26.4 Å². The average Bonchev–Trinajstić information content (AvgIpc) is 2.68. The molecule has 2 aromatic rings. The van der Waals surface area contributed by atoms with Gasteiger partial charge in [-0.05, 0) is 75.8 Å². The zero-order valence-electron chi connectivity index (χ0n) is 18.0. The number of thiocarbonyl (C=S) groups is 1. The first kappa shape index (κ1) is 21.9. The van der Waals surface area contributed by atoms with Crippen molar-refractivity contribution in [3.05, 3.63) is 53.1 Å². The van der Waals surface area contributed by atoms with Crippen LogP contribution < -0.4 is 20.1 Å². The standard InChI is InChI=1S/C23H28N2O4S/c1-6-28-21(26)16-8-7-9-18(14(16)2)24-22(30)25-19-13-23(3,4)29-20-11-10-15(27-5)12-17(19)20/h7-12,19H,6,13H2,1-5H3,(H2,24,25,30)/t19-/m1/s1. The van der Waals surface area contributed by atoms with Crippen LogP contribution in [0.25, 0.3) is 0 Å². The number of carbonyl (C=O) groups is 1. The Hall–Kier alpha value is -2.80. The predicted octanol–water partition coefficient (Wildman–Crippen LogP) is 4.77. The molecule has 0 aromatic heterocycles. The molecule has 0 unspecified atom stereocenters. The topological polar surface area (TPSA) is 68.8 Å². The summed E-state index contributed by atoms with van der Waals surface area (Å²) >= 11 is 5.59. The van der Waals surface area contributed by atoms with Crippen molar-refractivity contribution >= 4 is 29.0 Å². The molecule has 0 spiro atoms. The summed E-state index contributed by atoms with van der Waals surface area (Å²) in [7, 11) is 1.64. The summed E-state index contributed by atoms with van der Waals surface area (Å²) in [5.41, 5.74) is 2.72. The van der Waals surface area contributed by atoms with Gasteiger partial charge in [-0.15, -0.1) is 0 Å². The number of benzene rings is 2. The van der Waals surface area contributed by atoms with Gasteiger partial charge >= 0.3 is 5.97 Å². The van der Waals surface area contributed by atoms with Gasteiger partial charge in [-0.2, -0.15) is 0 Å². The van der Waals surface area contributed by atoms with Crippen LogP contribution in [0.1, 0.15) is 54.7 Å². The Balaban J connectivity index is 1.80. The van der Waals surface area contributed by atoms with Crippen molar-refractivity contribution in [3.8, 4) is 11.5 Å². The first-order chi connectivity index (χ1) is 14.2. The minimum absolute atomic E-state index is 0.0487. The van der Waals surface area contributed by atoms with Gasteiger partial charge in [-0.1, -0.05) is 6.07 Å². The number of anilines is 1. The van der Waals surface area contributed by atoms with Crippen LogP contribution in [-0.2, 0) is 4.74 Å². The second-order valence-corrected chi connectivity index (χ2v) is 8.23. The number of esters is 1. The van der Waals surface area contributed by atoms with Crippen LogP contribution in [0.4, 0.5) is 5.69 Å². The van der Waals surface area contributed by atoms with E-state index in [2.05, 4.69) is 24.5 Å². The van der Waals surface area contributed by atoms with Crippen LogP contribution in [0.3, 0.4) is 0 Å². The molecule has 1 heterocycles. The largest absolute Gasteiger partial charge is 0.497 e. The molecule has 3 rings (SSSR count). The third-order valence-corrected chi connectivity index (χ3v) is 5.28. The van der Waals surface area contributed by atoms with Gasteiger partial charge in [0.15, 0.2) is 5.11 Å². The number of nitrogens with one attached hydrogen (secondary N) is 2. The molecule has 0 bridgehead atoms. The van der Waals surface area contributed by atoms with E-state index in [9.17, 15) is 4.79 Å². The highest BCUT2D eigenvalue weighted by atomic mass is 32.1. The summed E-state index contributed by atoms with van der Waals surface area (Å²) in [4.78, 5) is 12.2. The van der Waals surface area contributed by atoms with Crippen molar-refractivity contribution in [2.75, 3.05) is 19.0 Å². The van der Waals surface area contributed by atoms with E-state index in [1.807, 2.05) is 37.3 Å². The average molecular weight is 429 g/mol. The first-order valence-electron chi connectivity index (χ1n) is 9.95. The van der Waals surface area contributed by atoms with E-state index >= 15 is 0 Å². The molecule has 1 aliphatic heterocycles. The van der Waals surface area contributed by atoms with Crippen LogP contribution in [-0.4, -0.2) is 30.4 Å². The Labute approximate surface area is 182 Å². The zero-order chi connectivity index (χ0) is 21.9. The lowest BCUT2D eigenvalue weighted by Crippen LogP contribution is -2.42. The van der Waals surface area contributed by atoms with Gasteiger partial charge in [-0.3, -0.25) is 0 Å². The van der Waals surface area contributed by atoms with Crippen LogP contribution in [0.15, 0.2) is 36.4 Å². The van der Waals surface area contributed by atoms with Crippen molar-refractivity contribution in [2.45, 2.75) is 45.8 Å². The maximum atomic E-state index is 12.2. The van der Waals surface area contributed by atoms with Crippen LogP contribution in [0.2, 0.25) is 0 Å². The van der Waals surface area contributed by atoms with Gasteiger partial charge in [0.25, 0.3) is 0 Å². The van der Waals surface area contributed by atoms with Crippen LogP contribution >= 0.6 is 12.2 Å². The van der Waals surface area contributed by atoms with Crippen molar-refractivity contribution in [2.24, 2.45) is 0 Å². The van der Waals surface area contributed by atoms with E-state index in [0.717, 1.165) is 34.7 Å². The molecule has 0 radical (unpaired) electrons. The number of rotatable bonds is 5. The summed E-state index contributed by atoms with van der Waals surface area (Å²) in [6.07, 6.45) is 0.733. The minimum Gasteiger partial charge on any atom is -0.497 e. The molecule has 0 amide bonds. The fourth-order valence-corrected chi connectivity index (χ4v) is 3.86. The van der Waals surface area contributed by atoms with Gasteiger partial charge in [0.05, 0.1) is 25.3 Å². The molecule has 7 heteroatoms.